The standard InChI is InChI=1S/C10H9Cl2N3O3S/c1-6(18-8-4-2-3-7(11)5-8)9-13-10(15-14-9)19(12,16)17/h2-6H,1H3,(H,13,14,15). The summed E-state index contributed by atoms with van der Waals surface area (Å²) >= 11 is 5.83. The molecule has 9 heteroatoms. The number of nitrogens with zero attached hydrogens (tertiary/aromatic N) is 2. The van der Waals surface area contributed by atoms with Gasteiger partial charge < -0.3 is 4.74 Å². The van der Waals surface area contributed by atoms with Crippen molar-refractivity contribution in [3.8, 4) is 5.75 Å². The maximum Gasteiger partial charge on any atom is 0.298 e. The first-order chi connectivity index (χ1) is 8.86. The minimum absolute atomic E-state index is 0.249. The van der Waals surface area contributed by atoms with Gasteiger partial charge in [0.05, 0.1) is 0 Å². The van der Waals surface area contributed by atoms with E-state index in [9.17, 15) is 8.42 Å². The van der Waals surface area contributed by atoms with Gasteiger partial charge in [-0.25, -0.2) is 8.42 Å². The van der Waals surface area contributed by atoms with Crippen molar-refractivity contribution in [1.82, 2.24) is 15.2 Å². The van der Waals surface area contributed by atoms with E-state index < -0.39 is 20.3 Å². The summed E-state index contributed by atoms with van der Waals surface area (Å²) in [5.41, 5.74) is 0. The molecule has 0 aliphatic heterocycles. The molecule has 0 spiro atoms. The molecule has 0 aliphatic rings. The summed E-state index contributed by atoms with van der Waals surface area (Å²) in [6.07, 6.45) is -0.530. The molecule has 0 saturated carbocycles. The molecular weight excluding hydrogens is 313 g/mol. The molecule has 19 heavy (non-hydrogen) atoms. The highest BCUT2D eigenvalue weighted by Gasteiger charge is 2.20. The van der Waals surface area contributed by atoms with Crippen LogP contribution < -0.4 is 4.74 Å². The highest BCUT2D eigenvalue weighted by molar-refractivity contribution is 8.13. The van der Waals surface area contributed by atoms with E-state index in [4.69, 9.17) is 27.0 Å². The lowest BCUT2D eigenvalue weighted by molar-refractivity contribution is 0.216. The van der Waals surface area contributed by atoms with E-state index in [1.165, 1.54) is 0 Å². The smallest absolute Gasteiger partial charge is 0.298 e. The number of nitrogens with one attached hydrogen (secondary N) is 1. The molecule has 1 unspecified atom stereocenters. The van der Waals surface area contributed by atoms with Gasteiger partial charge in [-0.15, -0.1) is 5.10 Å². The zero-order valence-electron chi connectivity index (χ0n) is 9.67. The quantitative estimate of drug-likeness (QED) is 0.874. The number of hydrogen-bond donors (Lipinski definition) is 1. The molecule has 0 saturated heterocycles. The van der Waals surface area contributed by atoms with Gasteiger partial charge in [-0.3, -0.25) is 5.10 Å². The zero-order valence-corrected chi connectivity index (χ0v) is 12.0. The summed E-state index contributed by atoms with van der Waals surface area (Å²) in [6, 6.07) is 6.80. The molecule has 0 amide bonds. The molecule has 102 valence electrons. The number of H-pyrrole nitrogens is 1. The molecule has 0 bridgehead atoms. The molecule has 6 nitrogen and oxygen atoms in total. The van der Waals surface area contributed by atoms with Crippen LogP contribution in [0.15, 0.2) is 29.4 Å². The molecule has 1 aromatic heterocycles. The van der Waals surface area contributed by atoms with Crippen molar-refractivity contribution in [1.29, 1.82) is 0 Å². The molecular formula is C10H9Cl2N3O3S. The summed E-state index contributed by atoms with van der Waals surface area (Å²) in [7, 11) is 1.17. The van der Waals surface area contributed by atoms with Gasteiger partial charge in [0.15, 0.2) is 11.9 Å². The molecule has 0 fully saturated rings. The molecule has 0 radical (unpaired) electrons. The first-order valence-corrected chi connectivity index (χ1v) is 7.84. The van der Waals surface area contributed by atoms with E-state index in [0.29, 0.717) is 10.8 Å². The summed E-state index contributed by atoms with van der Waals surface area (Å²) in [5.74, 6) is 0.783. The highest BCUT2D eigenvalue weighted by Crippen LogP contribution is 2.23. The average molecular weight is 322 g/mol. The summed E-state index contributed by atoms with van der Waals surface area (Å²) in [5, 5.41) is 6.02. The number of halogens is 2. The van der Waals surface area contributed by atoms with Crippen LogP contribution in [0.2, 0.25) is 5.02 Å². The summed E-state index contributed by atoms with van der Waals surface area (Å²) in [4.78, 5) is 3.76. The SMILES string of the molecule is CC(Oc1cccc(Cl)c1)c1nc(S(=O)(=O)Cl)n[nH]1. The van der Waals surface area contributed by atoms with Gasteiger partial charge in [0.1, 0.15) is 5.75 Å². The van der Waals surface area contributed by atoms with Crippen molar-refractivity contribution in [3.63, 3.8) is 0 Å². The minimum atomic E-state index is -3.95. The van der Waals surface area contributed by atoms with Gasteiger partial charge in [-0.05, 0) is 25.1 Å². The Morgan fingerprint density at radius 3 is 2.74 bits per heavy atom. The van der Waals surface area contributed by atoms with E-state index in [2.05, 4.69) is 15.2 Å². The third-order valence-electron chi connectivity index (χ3n) is 2.19. The van der Waals surface area contributed by atoms with Gasteiger partial charge in [0.2, 0.25) is 0 Å². The fraction of sp³-hybridized carbons (Fsp3) is 0.200. The number of hydrogen-bond acceptors (Lipinski definition) is 5. The van der Waals surface area contributed by atoms with Crippen LogP contribution in [0.4, 0.5) is 0 Å². The predicted octanol–water partition coefficient (Wildman–Crippen LogP) is 2.53. The second-order valence-electron chi connectivity index (χ2n) is 3.66. The highest BCUT2D eigenvalue weighted by atomic mass is 35.7. The maximum absolute atomic E-state index is 11.0. The van der Waals surface area contributed by atoms with Crippen LogP contribution in [0, 0.1) is 0 Å². The lowest BCUT2D eigenvalue weighted by Gasteiger charge is -2.11. The average Bonchev–Trinajstić information content (AvgIpc) is 2.77. The number of rotatable bonds is 4. The topological polar surface area (TPSA) is 84.9 Å². The monoisotopic (exact) mass is 321 g/mol. The first kappa shape index (κ1) is 14.1. The van der Waals surface area contributed by atoms with Crippen LogP contribution in [0.1, 0.15) is 18.9 Å². The fourth-order valence-corrected chi connectivity index (χ4v) is 2.10. The van der Waals surface area contributed by atoms with E-state index in [-0.39, 0.29) is 5.82 Å². The van der Waals surface area contributed by atoms with Crippen LogP contribution in [0.25, 0.3) is 0 Å². The second kappa shape index (κ2) is 5.36. The van der Waals surface area contributed by atoms with Gasteiger partial charge >= 0.3 is 0 Å². The van der Waals surface area contributed by atoms with Crippen molar-refractivity contribution in [2.45, 2.75) is 18.2 Å². The number of aromatic nitrogens is 3. The molecule has 1 aromatic carbocycles. The fourth-order valence-electron chi connectivity index (χ4n) is 1.35. The van der Waals surface area contributed by atoms with Crippen molar-refractivity contribution in [3.05, 3.63) is 35.1 Å². The molecule has 1 atom stereocenters. The Kier molecular flexibility index (Phi) is 3.98. The first-order valence-electron chi connectivity index (χ1n) is 5.15. The van der Waals surface area contributed by atoms with Crippen LogP contribution in [-0.2, 0) is 9.05 Å². The Morgan fingerprint density at radius 1 is 1.42 bits per heavy atom. The van der Waals surface area contributed by atoms with Crippen molar-refractivity contribution in [2.75, 3.05) is 0 Å². The van der Waals surface area contributed by atoms with E-state index >= 15 is 0 Å². The third-order valence-corrected chi connectivity index (χ3v) is 3.46. The van der Waals surface area contributed by atoms with Crippen molar-refractivity contribution in [2.24, 2.45) is 0 Å². The zero-order chi connectivity index (χ0) is 14.0. The van der Waals surface area contributed by atoms with E-state index in [0.717, 1.165) is 0 Å². The molecule has 1 heterocycles. The largest absolute Gasteiger partial charge is 0.483 e. The Hall–Kier alpha value is -1.31. The Balaban J connectivity index is 2.16. The van der Waals surface area contributed by atoms with Crippen molar-refractivity contribution >= 4 is 31.3 Å². The van der Waals surface area contributed by atoms with Crippen LogP contribution >= 0.6 is 22.3 Å². The lowest BCUT2D eigenvalue weighted by atomic mass is 10.3. The van der Waals surface area contributed by atoms with Crippen molar-refractivity contribution < 1.29 is 13.2 Å². The Labute approximate surface area is 119 Å². The van der Waals surface area contributed by atoms with Gasteiger partial charge in [0.25, 0.3) is 14.2 Å². The van der Waals surface area contributed by atoms with Crippen LogP contribution in [0.5, 0.6) is 5.75 Å². The predicted molar refractivity (Wildman–Crippen MR) is 69.9 cm³/mol. The lowest BCUT2D eigenvalue weighted by Crippen LogP contribution is -2.05. The summed E-state index contributed by atoms with van der Waals surface area (Å²) < 4.78 is 27.6. The minimum Gasteiger partial charge on any atom is -0.483 e. The second-order valence-corrected chi connectivity index (χ2v) is 6.55. The Bertz CT molecular complexity index is 687. The van der Waals surface area contributed by atoms with E-state index in [1.54, 1.807) is 31.2 Å². The molecule has 2 aromatic rings. The Morgan fingerprint density at radius 2 is 2.16 bits per heavy atom. The molecule has 0 aliphatic carbocycles. The maximum atomic E-state index is 11.0. The number of ether oxygens (including phenoxy) is 1. The normalized spacial score (nSPS) is 13.2. The van der Waals surface area contributed by atoms with Gasteiger partial charge in [0, 0.05) is 15.7 Å². The summed E-state index contributed by atoms with van der Waals surface area (Å²) in [6.45, 7) is 1.69. The number of benzene rings is 1. The van der Waals surface area contributed by atoms with Crippen LogP contribution in [-0.4, -0.2) is 23.6 Å². The molecule has 1 N–H and O–H groups in total. The van der Waals surface area contributed by atoms with Gasteiger partial charge in [-0.2, -0.15) is 4.98 Å². The molecule has 2 rings (SSSR count). The van der Waals surface area contributed by atoms with E-state index in [1.807, 2.05) is 0 Å². The van der Waals surface area contributed by atoms with Crippen LogP contribution in [0.3, 0.4) is 0 Å². The number of aromatic amines is 1. The van der Waals surface area contributed by atoms with Gasteiger partial charge in [-0.1, -0.05) is 17.7 Å². The third kappa shape index (κ3) is 3.59.